The van der Waals surface area contributed by atoms with E-state index in [1.54, 1.807) is 6.21 Å². The van der Waals surface area contributed by atoms with E-state index in [-0.39, 0.29) is 0 Å². The van der Waals surface area contributed by atoms with Crippen LogP contribution in [0, 0.1) is 6.92 Å². The highest BCUT2D eigenvalue weighted by Crippen LogP contribution is 2.36. The number of aryl methyl sites for hydroxylation is 1. The van der Waals surface area contributed by atoms with Gasteiger partial charge in [0.05, 0.1) is 16.9 Å². The molecule has 5 rings (SSSR count). The molecule has 0 aliphatic carbocycles. The molecule has 2 aromatic heterocycles. The van der Waals surface area contributed by atoms with Gasteiger partial charge in [-0.2, -0.15) is 10.1 Å². The molecule has 4 aromatic rings. The quantitative estimate of drug-likeness (QED) is 0.453. The summed E-state index contributed by atoms with van der Waals surface area (Å²) in [7, 11) is 0. The minimum Gasteiger partial charge on any atom is -0.436 e. The SMILES string of the molecule is Cc1nn(-c2ccccc2)c2nc3c(cc12)C=Nc1ccccc1O3. The summed E-state index contributed by atoms with van der Waals surface area (Å²) in [5, 5.41) is 5.64. The van der Waals surface area contributed by atoms with Crippen LogP contribution in [-0.2, 0) is 0 Å². The van der Waals surface area contributed by atoms with Crippen LogP contribution in [0.3, 0.4) is 0 Å². The average Bonchev–Trinajstić information content (AvgIpc) is 2.86. The smallest absolute Gasteiger partial charge is 0.230 e. The molecule has 0 spiro atoms. The van der Waals surface area contributed by atoms with Gasteiger partial charge in [-0.3, -0.25) is 4.99 Å². The molecule has 3 heterocycles. The first-order valence-corrected chi connectivity index (χ1v) is 8.06. The van der Waals surface area contributed by atoms with E-state index in [0.29, 0.717) is 11.6 Å². The van der Waals surface area contributed by atoms with Gasteiger partial charge in [-0.15, -0.1) is 0 Å². The first-order chi connectivity index (χ1) is 12.3. The van der Waals surface area contributed by atoms with Crippen molar-refractivity contribution in [2.45, 2.75) is 6.92 Å². The Labute approximate surface area is 144 Å². The van der Waals surface area contributed by atoms with Crippen molar-refractivity contribution in [2.75, 3.05) is 0 Å². The number of hydrogen-bond acceptors (Lipinski definition) is 4. The van der Waals surface area contributed by atoms with Gasteiger partial charge in [-0.1, -0.05) is 30.3 Å². The van der Waals surface area contributed by atoms with Crippen LogP contribution in [0.25, 0.3) is 16.7 Å². The summed E-state index contributed by atoms with van der Waals surface area (Å²) in [6, 6.07) is 19.7. The molecule has 2 aromatic carbocycles. The van der Waals surface area contributed by atoms with Gasteiger partial charge < -0.3 is 4.74 Å². The summed E-state index contributed by atoms with van der Waals surface area (Å²) in [4.78, 5) is 9.27. The zero-order valence-electron chi connectivity index (χ0n) is 13.5. The first kappa shape index (κ1) is 13.9. The van der Waals surface area contributed by atoms with E-state index in [9.17, 15) is 0 Å². The molecular formula is C20H14N4O. The van der Waals surface area contributed by atoms with Crippen molar-refractivity contribution < 1.29 is 4.74 Å². The minimum atomic E-state index is 0.540. The van der Waals surface area contributed by atoms with Gasteiger partial charge in [0, 0.05) is 11.6 Å². The summed E-state index contributed by atoms with van der Waals surface area (Å²) >= 11 is 0. The third-order valence-electron chi connectivity index (χ3n) is 4.25. The Morgan fingerprint density at radius 3 is 2.64 bits per heavy atom. The number of aliphatic imine (C=N–C) groups is 1. The van der Waals surface area contributed by atoms with Crippen molar-refractivity contribution >= 4 is 22.9 Å². The molecule has 0 saturated carbocycles. The van der Waals surface area contributed by atoms with Crippen LogP contribution in [0.1, 0.15) is 11.3 Å². The van der Waals surface area contributed by atoms with Crippen LogP contribution < -0.4 is 4.74 Å². The second-order valence-corrected chi connectivity index (χ2v) is 5.91. The molecule has 0 unspecified atom stereocenters. The molecular weight excluding hydrogens is 312 g/mol. The molecule has 5 heteroatoms. The molecule has 0 fully saturated rings. The topological polar surface area (TPSA) is 52.3 Å². The lowest BCUT2D eigenvalue weighted by atomic mass is 10.2. The second-order valence-electron chi connectivity index (χ2n) is 5.91. The van der Waals surface area contributed by atoms with Crippen LogP contribution in [0.2, 0.25) is 0 Å². The average molecular weight is 326 g/mol. The molecule has 0 N–H and O–H groups in total. The molecule has 25 heavy (non-hydrogen) atoms. The lowest BCUT2D eigenvalue weighted by Crippen LogP contribution is -1.99. The number of pyridine rings is 1. The number of rotatable bonds is 1. The van der Waals surface area contributed by atoms with E-state index in [1.807, 2.05) is 72.3 Å². The number of aromatic nitrogens is 3. The Morgan fingerprint density at radius 1 is 0.960 bits per heavy atom. The van der Waals surface area contributed by atoms with E-state index in [1.165, 1.54) is 0 Å². The van der Waals surface area contributed by atoms with Crippen molar-refractivity contribution in [3.05, 3.63) is 71.9 Å². The Morgan fingerprint density at radius 2 is 1.76 bits per heavy atom. The van der Waals surface area contributed by atoms with Crippen molar-refractivity contribution in [3.8, 4) is 17.3 Å². The summed E-state index contributed by atoms with van der Waals surface area (Å²) in [6.45, 7) is 1.99. The molecule has 1 aliphatic rings. The zero-order chi connectivity index (χ0) is 16.8. The molecule has 120 valence electrons. The number of fused-ring (bicyclic) bond motifs is 3. The molecule has 0 saturated heterocycles. The predicted molar refractivity (Wildman–Crippen MR) is 97.4 cm³/mol. The van der Waals surface area contributed by atoms with Crippen molar-refractivity contribution in [1.82, 2.24) is 14.8 Å². The monoisotopic (exact) mass is 326 g/mol. The summed E-state index contributed by atoms with van der Waals surface area (Å²) in [5.74, 6) is 1.24. The third-order valence-corrected chi connectivity index (χ3v) is 4.25. The molecule has 1 aliphatic heterocycles. The standard InChI is InChI=1S/C20H14N4O/c1-13-16-11-14-12-21-17-9-5-6-10-18(17)25-20(14)22-19(16)24(23-13)15-7-3-2-4-8-15/h2-12H,1H3. The fourth-order valence-electron chi connectivity index (χ4n) is 3.00. The lowest BCUT2D eigenvalue weighted by molar-refractivity contribution is 0.466. The third kappa shape index (κ3) is 2.21. The van der Waals surface area contributed by atoms with E-state index >= 15 is 0 Å². The van der Waals surface area contributed by atoms with E-state index in [4.69, 9.17) is 9.72 Å². The Balaban J connectivity index is 1.75. The number of hydrogen-bond donors (Lipinski definition) is 0. The Hall–Kier alpha value is -3.47. The van der Waals surface area contributed by atoms with Gasteiger partial charge in [0.1, 0.15) is 5.69 Å². The van der Waals surface area contributed by atoms with E-state index in [0.717, 1.165) is 33.7 Å². The largest absolute Gasteiger partial charge is 0.436 e. The van der Waals surface area contributed by atoms with Gasteiger partial charge >= 0.3 is 0 Å². The molecule has 0 amide bonds. The maximum Gasteiger partial charge on any atom is 0.230 e. The second kappa shape index (κ2) is 5.27. The van der Waals surface area contributed by atoms with Crippen LogP contribution in [0.15, 0.2) is 65.7 Å². The summed E-state index contributed by atoms with van der Waals surface area (Å²) < 4.78 is 7.88. The maximum atomic E-state index is 6.03. The van der Waals surface area contributed by atoms with E-state index in [2.05, 4.69) is 10.1 Å². The fraction of sp³-hybridized carbons (Fsp3) is 0.0500. The molecule has 5 nitrogen and oxygen atoms in total. The Kier molecular flexibility index (Phi) is 2.94. The molecule has 0 radical (unpaired) electrons. The summed E-state index contributed by atoms with van der Waals surface area (Å²) in [5.41, 5.74) is 4.31. The first-order valence-electron chi connectivity index (χ1n) is 8.06. The van der Waals surface area contributed by atoms with Crippen LogP contribution in [-0.4, -0.2) is 21.0 Å². The highest BCUT2D eigenvalue weighted by atomic mass is 16.5. The summed E-state index contributed by atoms with van der Waals surface area (Å²) in [6.07, 6.45) is 1.80. The van der Waals surface area contributed by atoms with Gasteiger partial charge in [-0.05, 0) is 37.3 Å². The maximum absolute atomic E-state index is 6.03. The van der Waals surface area contributed by atoms with Crippen LogP contribution >= 0.6 is 0 Å². The molecule has 0 bridgehead atoms. The fourth-order valence-corrected chi connectivity index (χ4v) is 3.00. The number of ether oxygens (including phenoxy) is 1. The van der Waals surface area contributed by atoms with E-state index < -0.39 is 0 Å². The molecule has 0 atom stereocenters. The van der Waals surface area contributed by atoms with Crippen LogP contribution in [0.5, 0.6) is 11.6 Å². The van der Waals surface area contributed by atoms with Gasteiger partial charge in [0.15, 0.2) is 11.4 Å². The highest BCUT2D eigenvalue weighted by Gasteiger charge is 2.18. The normalized spacial score (nSPS) is 12.4. The predicted octanol–water partition coefficient (Wildman–Crippen LogP) is 4.59. The number of benzene rings is 2. The van der Waals surface area contributed by atoms with Gasteiger partial charge in [0.25, 0.3) is 0 Å². The zero-order valence-corrected chi connectivity index (χ0v) is 13.5. The van der Waals surface area contributed by atoms with Crippen molar-refractivity contribution in [1.29, 1.82) is 0 Å². The lowest BCUT2D eigenvalue weighted by Gasteiger charge is -2.08. The van der Waals surface area contributed by atoms with Gasteiger partial charge in [-0.25, -0.2) is 4.68 Å². The van der Waals surface area contributed by atoms with Crippen LogP contribution in [0.4, 0.5) is 5.69 Å². The highest BCUT2D eigenvalue weighted by molar-refractivity contribution is 5.93. The number of nitrogens with zero attached hydrogens (tertiary/aromatic N) is 4. The van der Waals surface area contributed by atoms with Crippen molar-refractivity contribution in [2.24, 2.45) is 4.99 Å². The van der Waals surface area contributed by atoms with Crippen molar-refractivity contribution in [3.63, 3.8) is 0 Å². The number of para-hydroxylation sites is 3. The Bertz CT molecular complexity index is 1130. The minimum absolute atomic E-state index is 0.540. The van der Waals surface area contributed by atoms with Gasteiger partial charge in [0.2, 0.25) is 5.88 Å².